The standard InChI is InChI=1S/C15H22N2O2/c1-4-10-17(11-5-2)15(18)14-12(16)8-7-9-13(14)19-6-3/h4,7-9H,1,5-6,10-11,16H2,2-3H3. The van der Waals surface area contributed by atoms with Crippen molar-refractivity contribution in [3.05, 3.63) is 36.4 Å². The Kier molecular flexibility index (Phi) is 5.93. The van der Waals surface area contributed by atoms with E-state index in [1.54, 1.807) is 29.2 Å². The van der Waals surface area contributed by atoms with Gasteiger partial charge in [0.25, 0.3) is 5.91 Å². The van der Waals surface area contributed by atoms with E-state index in [0.717, 1.165) is 6.42 Å². The molecule has 104 valence electrons. The van der Waals surface area contributed by atoms with Crippen LogP contribution in [0.15, 0.2) is 30.9 Å². The SMILES string of the molecule is C=CCN(CCC)C(=O)c1c(N)cccc1OCC. The van der Waals surface area contributed by atoms with Crippen molar-refractivity contribution >= 4 is 11.6 Å². The Morgan fingerprint density at radius 3 is 2.79 bits per heavy atom. The van der Waals surface area contributed by atoms with Crippen molar-refractivity contribution in [3.63, 3.8) is 0 Å². The van der Waals surface area contributed by atoms with Crippen molar-refractivity contribution in [1.82, 2.24) is 4.90 Å². The summed E-state index contributed by atoms with van der Waals surface area (Å²) >= 11 is 0. The summed E-state index contributed by atoms with van der Waals surface area (Å²) in [7, 11) is 0. The van der Waals surface area contributed by atoms with Gasteiger partial charge in [0, 0.05) is 18.8 Å². The first-order valence-electron chi connectivity index (χ1n) is 6.57. The number of carbonyl (C=O) groups excluding carboxylic acids is 1. The number of nitrogens with two attached hydrogens (primary N) is 1. The molecule has 1 aromatic carbocycles. The minimum Gasteiger partial charge on any atom is -0.493 e. The van der Waals surface area contributed by atoms with Crippen LogP contribution in [0.5, 0.6) is 5.75 Å². The van der Waals surface area contributed by atoms with Crippen molar-refractivity contribution in [2.45, 2.75) is 20.3 Å². The van der Waals surface area contributed by atoms with Gasteiger partial charge < -0.3 is 15.4 Å². The molecule has 0 radical (unpaired) electrons. The number of nitrogen functional groups attached to an aromatic ring is 1. The van der Waals surface area contributed by atoms with Gasteiger partial charge in [0.15, 0.2) is 0 Å². The van der Waals surface area contributed by atoms with E-state index < -0.39 is 0 Å². The number of anilines is 1. The van der Waals surface area contributed by atoms with Crippen LogP contribution >= 0.6 is 0 Å². The molecular formula is C15H22N2O2. The van der Waals surface area contributed by atoms with Gasteiger partial charge in [0.1, 0.15) is 11.3 Å². The van der Waals surface area contributed by atoms with Crippen molar-refractivity contribution in [1.29, 1.82) is 0 Å². The predicted octanol–water partition coefficient (Wildman–Crippen LogP) is 2.71. The average molecular weight is 262 g/mol. The Labute approximate surface area is 114 Å². The molecule has 0 aliphatic carbocycles. The molecule has 0 atom stereocenters. The first-order valence-corrected chi connectivity index (χ1v) is 6.57. The lowest BCUT2D eigenvalue weighted by Crippen LogP contribution is -2.32. The zero-order valence-electron chi connectivity index (χ0n) is 11.7. The zero-order chi connectivity index (χ0) is 14.3. The summed E-state index contributed by atoms with van der Waals surface area (Å²) in [5, 5.41) is 0. The van der Waals surface area contributed by atoms with Gasteiger partial charge in [-0.3, -0.25) is 4.79 Å². The first kappa shape index (κ1) is 15.1. The summed E-state index contributed by atoms with van der Waals surface area (Å²) in [5.41, 5.74) is 6.82. The summed E-state index contributed by atoms with van der Waals surface area (Å²) in [4.78, 5) is 14.3. The van der Waals surface area contributed by atoms with E-state index in [0.29, 0.717) is 36.7 Å². The average Bonchev–Trinajstić information content (AvgIpc) is 2.38. The fourth-order valence-electron chi connectivity index (χ4n) is 1.91. The van der Waals surface area contributed by atoms with Crippen LogP contribution in [0.3, 0.4) is 0 Å². The second-order valence-corrected chi connectivity index (χ2v) is 4.19. The summed E-state index contributed by atoms with van der Waals surface area (Å²) in [5.74, 6) is 0.431. The monoisotopic (exact) mass is 262 g/mol. The van der Waals surface area contributed by atoms with Crippen LogP contribution in [0.1, 0.15) is 30.6 Å². The lowest BCUT2D eigenvalue weighted by atomic mass is 10.1. The maximum absolute atomic E-state index is 12.6. The highest BCUT2D eigenvalue weighted by Gasteiger charge is 2.20. The van der Waals surface area contributed by atoms with Gasteiger partial charge in [0.2, 0.25) is 0 Å². The molecule has 19 heavy (non-hydrogen) atoms. The highest BCUT2D eigenvalue weighted by Crippen LogP contribution is 2.26. The predicted molar refractivity (Wildman–Crippen MR) is 78.4 cm³/mol. The second kappa shape index (κ2) is 7.46. The van der Waals surface area contributed by atoms with E-state index in [1.165, 1.54) is 0 Å². The van der Waals surface area contributed by atoms with Gasteiger partial charge in [-0.25, -0.2) is 0 Å². The summed E-state index contributed by atoms with van der Waals surface area (Å²) < 4.78 is 5.49. The van der Waals surface area contributed by atoms with E-state index >= 15 is 0 Å². The first-order chi connectivity index (χ1) is 9.15. The molecule has 0 fully saturated rings. The molecule has 4 heteroatoms. The molecule has 0 saturated heterocycles. The Morgan fingerprint density at radius 2 is 2.21 bits per heavy atom. The Hall–Kier alpha value is -1.97. The van der Waals surface area contributed by atoms with Gasteiger partial charge in [-0.05, 0) is 25.5 Å². The van der Waals surface area contributed by atoms with Gasteiger partial charge in [-0.2, -0.15) is 0 Å². The van der Waals surface area contributed by atoms with Crippen LogP contribution < -0.4 is 10.5 Å². The number of amides is 1. The lowest BCUT2D eigenvalue weighted by molar-refractivity contribution is 0.0771. The maximum atomic E-state index is 12.6. The fraction of sp³-hybridized carbons (Fsp3) is 0.400. The van der Waals surface area contributed by atoms with Crippen LogP contribution in [0, 0.1) is 0 Å². The van der Waals surface area contributed by atoms with E-state index in [4.69, 9.17) is 10.5 Å². The second-order valence-electron chi connectivity index (χ2n) is 4.19. The molecule has 0 bridgehead atoms. The molecule has 0 aromatic heterocycles. The number of ether oxygens (including phenoxy) is 1. The fourth-order valence-corrected chi connectivity index (χ4v) is 1.91. The molecule has 0 aliphatic rings. The normalized spacial score (nSPS) is 10.0. The third-order valence-electron chi connectivity index (χ3n) is 2.70. The summed E-state index contributed by atoms with van der Waals surface area (Å²) in [6.45, 7) is 9.27. The van der Waals surface area contributed by atoms with Crippen molar-refractivity contribution < 1.29 is 9.53 Å². The highest BCUT2D eigenvalue weighted by atomic mass is 16.5. The number of carbonyl (C=O) groups is 1. The molecule has 1 aromatic rings. The van der Waals surface area contributed by atoms with Gasteiger partial charge >= 0.3 is 0 Å². The Morgan fingerprint density at radius 1 is 1.47 bits per heavy atom. The van der Waals surface area contributed by atoms with Crippen LogP contribution in [0.2, 0.25) is 0 Å². The van der Waals surface area contributed by atoms with Crippen LogP contribution in [0.25, 0.3) is 0 Å². The molecule has 0 heterocycles. The van der Waals surface area contributed by atoms with Gasteiger partial charge in [-0.15, -0.1) is 6.58 Å². The molecule has 0 aliphatic heterocycles. The lowest BCUT2D eigenvalue weighted by Gasteiger charge is -2.22. The largest absolute Gasteiger partial charge is 0.493 e. The number of nitrogens with zero attached hydrogens (tertiary/aromatic N) is 1. The summed E-state index contributed by atoms with van der Waals surface area (Å²) in [6.07, 6.45) is 2.60. The van der Waals surface area contributed by atoms with Crippen molar-refractivity contribution in [2.24, 2.45) is 0 Å². The summed E-state index contributed by atoms with van der Waals surface area (Å²) in [6, 6.07) is 5.27. The van der Waals surface area contributed by atoms with Crippen molar-refractivity contribution in [3.8, 4) is 5.75 Å². The zero-order valence-corrected chi connectivity index (χ0v) is 11.7. The number of benzene rings is 1. The minimum atomic E-state index is -0.108. The number of hydrogen-bond acceptors (Lipinski definition) is 3. The van der Waals surface area contributed by atoms with Gasteiger partial charge in [0.05, 0.1) is 6.61 Å². The van der Waals surface area contributed by atoms with Crippen molar-refractivity contribution in [2.75, 3.05) is 25.4 Å². The molecule has 4 nitrogen and oxygen atoms in total. The third-order valence-corrected chi connectivity index (χ3v) is 2.70. The molecule has 1 amide bonds. The molecular weight excluding hydrogens is 240 g/mol. The number of rotatable bonds is 7. The van der Waals surface area contributed by atoms with E-state index in [-0.39, 0.29) is 5.91 Å². The number of hydrogen-bond donors (Lipinski definition) is 1. The van der Waals surface area contributed by atoms with Crippen LogP contribution in [0.4, 0.5) is 5.69 Å². The highest BCUT2D eigenvalue weighted by molar-refractivity contribution is 6.02. The third kappa shape index (κ3) is 3.74. The minimum absolute atomic E-state index is 0.108. The van der Waals surface area contributed by atoms with Crippen LogP contribution in [-0.2, 0) is 0 Å². The van der Waals surface area contributed by atoms with Crippen LogP contribution in [-0.4, -0.2) is 30.5 Å². The van der Waals surface area contributed by atoms with E-state index in [9.17, 15) is 4.79 Å². The smallest absolute Gasteiger partial charge is 0.260 e. The molecule has 1 rings (SSSR count). The van der Waals surface area contributed by atoms with Gasteiger partial charge in [-0.1, -0.05) is 19.1 Å². The van der Waals surface area contributed by atoms with E-state index in [2.05, 4.69) is 6.58 Å². The maximum Gasteiger partial charge on any atom is 0.260 e. The topological polar surface area (TPSA) is 55.6 Å². The molecule has 0 spiro atoms. The molecule has 0 saturated carbocycles. The van der Waals surface area contributed by atoms with E-state index in [1.807, 2.05) is 13.8 Å². The Bertz CT molecular complexity index is 444. The molecule has 0 unspecified atom stereocenters. The Balaban J connectivity index is 3.11. The molecule has 2 N–H and O–H groups in total. The quantitative estimate of drug-likeness (QED) is 0.607.